The van der Waals surface area contributed by atoms with Crippen molar-refractivity contribution in [2.24, 2.45) is 56.2 Å². The predicted octanol–water partition coefficient (Wildman–Crippen LogP) is 6.49. The SMILES string of the molecule is C[C@H]1C(=O)[C@H](O)C[C@H]2[C@]1(C)CC[C@H]1[C@@]2(C)CC[C@]2(C)[C@@H]3C[C@](C)(C(=O)O)CC[C@]3(C)CC[C@]12C. The second kappa shape index (κ2) is 7.11. The molecule has 34 heavy (non-hydrogen) atoms. The highest BCUT2D eigenvalue weighted by Crippen LogP contribution is 2.78. The third-order valence-electron chi connectivity index (χ3n) is 14.1. The number of hydrogen-bond donors (Lipinski definition) is 2. The average Bonchev–Trinajstić information content (AvgIpc) is 2.77. The van der Waals surface area contributed by atoms with Gasteiger partial charge in [-0.3, -0.25) is 9.59 Å². The van der Waals surface area contributed by atoms with Gasteiger partial charge in [-0.2, -0.15) is 0 Å². The van der Waals surface area contributed by atoms with Gasteiger partial charge < -0.3 is 10.2 Å². The maximum atomic E-state index is 12.8. The van der Waals surface area contributed by atoms with Gasteiger partial charge in [-0.15, -0.1) is 0 Å². The van der Waals surface area contributed by atoms with E-state index in [0.717, 1.165) is 44.9 Å². The number of aliphatic hydroxyl groups excluding tert-OH is 1. The average molecular weight is 473 g/mol. The van der Waals surface area contributed by atoms with Crippen molar-refractivity contribution in [1.29, 1.82) is 0 Å². The molecule has 0 aromatic rings. The van der Waals surface area contributed by atoms with Gasteiger partial charge in [0.05, 0.1) is 5.41 Å². The van der Waals surface area contributed by atoms with Crippen LogP contribution in [0.4, 0.5) is 0 Å². The van der Waals surface area contributed by atoms with E-state index in [-0.39, 0.29) is 38.8 Å². The van der Waals surface area contributed by atoms with Crippen LogP contribution in [0.5, 0.6) is 0 Å². The van der Waals surface area contributed by atoms with E-state index in [0.29, 0.717) is 24.2 Å². The van der Waals surface area contributed by atoms with E-state index in [1.165, 1.54) is 12.8 Å². The number of rotatable bonds is 1. The number of Topliss-reactive ketones (excluding diaryl/α,β-unsaturated/α-hetero) is 1. The first-order valence-corrected chi connectivity index (χ1v) is 14.0. The summed E-state index contributed by atoms with van der Waals surface area (Å²) in [5.41, 5.74) is 0.0155. The van der Waals surface area contributed by atoms with Crippen LogP contribution in [0.15, 0.2) is 0 Å². The van der Waals surface area contributed by atoms with Crippen LogP contribution in [0.3, 0.4) is 0 Å². The van der Waals surface area contributed by atoms with Gasteiger partial charge in [-0.25, -0.2) is 0 Å². The Bertz CT molecular complexity index is 913. The third kappa shape index (κ3) is 2.81. The molecule has 0 aliphatic heterocycles. The van der Waals surface area contributed by atoms with Crippen molar-refractivity contribution in [2.45, 2.75) is 119 Å². The number of carbonyl (C=O) groups is 2. The van der Waals surface area contributed by atoms with Gasteiger partial charge >= 0.3 is 5.97 Å². The molecule has 0 amide bonds. The molecule has 0 bridgehead atoms. The minimum absolute atomic E-state index is 0.0262. The Morgan fingerprint density at radius 2 is 1.38 bits per heavy atom. The molecule has 4 heteroatoms. The van der Waals surface area contributed by atoms with Gasteiger partial charge in [0.15, 0.2) is 5.78 Å². The first-order valence-electron chi connectivity index (χ1n) is 14.0. The van der Waals surface area contributed by atoms with Crippen molar-refractivity contribution in [3.8, 4) is 0 Å². The Hall–Kier alpha value is -0.900. The molecule has 0 heterocycles. The van der Waals surface area contributed by atoms with Crippen LogP contribution >= 0.6 is 0 Å². The minimum Gasteiger partial charge on any atom is -0.481 e. The maximum Gasteiger partial charge on any atom is 0.309 e. The first kappa shape index (κ1) is 24.8. The Morgan fingerprint density at radius 1 is 0.794 bits per heavy atom. The van der Waals surface area contributed by atoms with E-state index < -0.39 is 17.5 Å². The molecule has 5 fully saturated rings. The lowest BCUT2D eigenvalue weighted by Gasteiger charge is -2.74. The van der Waals surface area contributed by atoms with E-state index >= 15 is 0 Å². The van der Waals surface area contributed by atoms with Crippen LogP contribution in [0.25, 0.3) is 0 Å². The van der Waals surface area contributed by atoms with Crippen LogP contribution in [-0.4, -0.2) is 28.1 Å². The zero-order chi connectivity index (χ0) is 25.1. The van der Waals surface area contributed by atoms with Crippen LogP contribution < -0.4 is 0 Å². The number of ketones is 1. The third-order valence-corrected chi connectivity index (χ3v) is 14.1. The van der Waals surface area contributed by atoms with Crippen molar-refractivity contribution in [1.82, 2.24) is 0 Å². The highest BCUT2D eigenvalue weighted by atomic mass is 16.4. The van der Waals surface area contributed by atoms with Gasteiger partial charge in [-0.1, -0.05) is 41.5 Å². The van der Waals surface area contributed by atoms with Gasteiger partial charge in [0.1, 0.15) is 6.10 Å². The summed E-state index contributed by atoms with van der Waals surface area (Å²) < 4.78 is 0. The van der Waals surface area contributed by atoms with E-state index in [9.17, 15) is 19.8 Å². The quantitative estimate of drug-likeness (QED) is 0.457. The Labute approximate surface area is 206 Å². The van der Waals surface area contributed by atoms with E-state index in [4.69, 9.17) is 0 Å². The second-order valence-corrected chi connectivity index (χ2v) is 15.1. The number of carboxylic acid groups (broad SMARTS) is 1. The molecule has 5 saturated carbocycles. The summed E-state index contributed by atoms with van der Waals surface area (Å²) in [7, 11) is 0. The molecule has 192 valence electrons. The van der Waals surface area contributed by atoms with Crippen molar-refractivity contribution < 1.29 is 19.8 Å². The van der Waals surface area contributed by atoms with Crippen LogP contribution in [0.1, 0.15) is 113 Å². The lowest BCUT2D eigenvalue weighted by Crippen LogP contribution is -2.68. The standard InChI is InChI=1S/C30H48O4/c1-18-23(32)19(31)16-21-27(18,4)9-8-20-28(21,5)13-15-30(7)22-17-26(3,24(33)34)11-10-25(22,2)12-14-29(20,30)6/h18-22,31H,8-17H2,1-7H3,(H,33,34)/t18-,19+,20-,21-,22+,25+,26+,27+,28+,29+,30+/m0/s1. The Kier molecular flexibility index (Phi) is 5.18. The number of aliphatic carboxylic acids is 1. The topological polar surface area (TPSA) is 74.6 Å². The van der Waals surface area contributed by atoms with Crippen LogP contribution in [0, 0.1) is 56.2 Å². The maximum absolute atomic E-state index is 12.8. The molecule has 0 radical (unpaired) electrons. The van der Waals surface area contributed by atoms with E-state index in [2.05, 4.69) is 41.5 Å². The molecule has 0 aromatic heterocycles. The van der Waals surface area contributed by atoms with Crippen molar-refractivity contribution >= 4 is 11.8 Å². The number of carbonyl (C=O) groups excluding carboxylic acids is 1. The zero-order valence-corrected chi connectivity index (χ0v) is 22.7. The monoisotopic (exact) mass is 472 g/mol. The first-order chi connectivity index (χ1) is 15.6. The fraction of sp³-hybridized carbons (Fsp3) is 0.933. The number of hydrogen-bond acceptors (Lipinski definition) is 3. The molecule has 0 unspecified atom stereocenters. The van der Waals surface area contributed by atoms with E-state index in [1.54, 1.807) is 0 Å². The normalized spacial score (nSPS) is 59.3. The fourth-order valence-electron chi connectivity index (χ4n) is 11.2. The summed E-state index contributed by atoms with van der Waals surface area (Å²) in [4.78, 5) is 25.1. The largest absolute Gasteiger partial charge is 0.481 e. The van der Waals surface area contributed by atoms with Gasteiger partial charge in [0, 0.05) is 5.92 Å². The van der Waals surface area contributed by atoms with E-state index in [1.807, 2.05) is 6.92 Å². The summed E-state index contributed by atoms with van der Waals surface area (Å²) in [6, 6.07) is 0. The summed E-state index contributed by atoms with van der Waals surface area (Å²) in [5.74, 6) is 0.720. The summed E-state index contributed by atoms with van der Waals surface area (Å²) >= 11 is 0. The molecule has 4 nitrogen and oxygen atoms in total. The molecule has 0 saturated heterocycles. The summed E-state index contributed by atoms with van der Waals surface area (Å²) in [6.45, 7) is 16.4. The van der Waals surface area contributed by atoms with Crippen LogP contribution in [-0.2, 0) is 9.59 Å². The highest BCUT2D eigenvalue weighted by molar-refractivity contribution is 5.86. The van der Waals surface area contributed by atoms with Crippen molar-refractivity contribution in [3.63, 3.8) is 0 Å². The molecule has 2 N–H and O–H groups in total. The molecular formula is C30H48O4. The van der Waals surface area contributed by atoms with Crippen LogP contribution in [0.2, 0.25) is 0 Å². The van der Waals surface area contributed by atoms with Gasteiger partial charge in [-0.05, 0) is 116 Å². The minimum atomic E-state index is -0.811. The zero-order valence-electron chi connectivity index (χ0n) is 22.7. The second-order valence-electron chi connectivity index (χ2n) is 15.1. The number of fused-ring (bicyclic) bond motifs is 7. The molecular weight excluding hydrogens is 424 g/mol. The smallest absolute Gasteiger partial charge is 0.309 e. The molecule has 11 atom stereocenters. The molecule has 5 aliphatic rings. The van der Waals surface area contributed by atoms with Crippen molar-refractivity contribution in [2.75, 3.05) is 0 Å². The lowest BCUT2D eigenvalue weighted by atomic mass is 9.30. The summed E-state index contributed by atoms with van der Waals surface area (Å²) in [6.07, 6.45) is 9.36. The molecule has 5 rings (SSSR count). The molecule has 0 aromatic carbocycles. The summed E-state index contributed by atoms with van der Waals surface area (Å²) in [5, 5.41) is 20.9. The van der Waals surface area contributed by atoms with Gasteiger partial charge in [0.25, 0.3) is 0 Å². The van der Waals surface area contributed by atoms with Gasteiger partial charge in [0.2, 0.25) is 0 Å². The van der Waals surface area contributed by atoms with Crippen molar-refractivity contribution in [3.05, 3.63) is 0 Å². The number of aliphatic hydroxyl groups is 1. The predicted molar refractivity (Wildman–Crippen MR) is 133 cm³/mol. The Morgan fingerprint density at radius 3 is 2.03 bits per heavy atom. The fourth-order valence-corrected chi connectivity index (χ4v) is 11.2. The highest BCUT2D eigenvalue weighted by Gasteiger charge is 2.71. The lowest BCUT2D eigenvalue weighted by molar-refractivity contribution is -0.260. The molecule has 5 aliphatic carbocycles. The molecule has 0 spiro atoms. The number of carboxylic acids is 1. The Balaban J connectivity index is 1.55.